The molecule has 1 aliphatic carbocycles. The molecule has 0 bridgehead atoms. The number of aliphatic hydroxyl groups is 1. The molecule has 5 nitrogen and oxygen atoms in total. The summed E-state index contributed by atoms with van der Waals surface area (Å²) in [6.07, 6.45) is 0.866. The number of piperidine rings is 1. The van der Waals surface area contributed by atoms with E-state index in [0.29, 0.717) is 13.1 Å². The van der Waals surface area contributed by atoms with Crippen LogP contribution >= 0.6 is 0 Å². The molecule has 0 aromatic heterocycles. The Morgan fingerprint density at radius 1 is 1.11 bits per heavy atom. The molecule has 1 aliphatic heterocycles. The van der Waals surface area contributed by atoms with Crippen LogP contribution in [0.15, 0.2) is 48.5 Å². The van der Waals surface area contributed by atoms with Gasteiger partial charge in [0.25, 0.3) is 5.91 Å². The lowest BCUT2D eigenvalue weighted by Gasteiger charge is -2.42. The Morgan fingerprint density at radius 3 is 2.44 bits per heavy atom. The molecular weight excluding hydrogens is 338 g/mol. The Bertz CT molecular complexity index is 856. The maximum absolute atomic E-state index is 13.1. The van der Waals surface area contributed by atoms with Crippen molar-refractivity contribution >= 4 is 11.6 Å². The van der Waals surface area contributed by atoms with Gasteiger partial charge in [-0.25, -0.2) is 0 Å². The molecule has 4 rings (SSSR count). The van der Waals surface area contributed by atoms with Gasteiger partial charge in [-0.05, 0) is 36.1 Å². The minimum atomic E-state index is -0.596. The van der Waals surface area contributed by atoms with E-state index in [1.54, 1.807) is 0 Å². The molecule has 1 heterocycles. The second kappa shape index (κ2) is 6.66. The molecule has 2 aromatic carbocycles. The first-order valence-corrected chi connectivity index (χ1v) is 9.54. The van der Waals surface area contributed by atoms with Crippen LogP contribution < -0.4 is 10.6 Å². The van der Waals surface area contributed by atoms with Gasteiger partial charge in [0.2, 0.25) is 0 Å². The van der Waals surface area contributed by atoms with Gasteiger partial charge < -0.3 is 20.6 Å². The monoisotopic (exact) mass is 365 g/mol. The van der Waals surface area contributed by atoms with Gasteiger partial charge in [0, 0.05) is 38.3 Å². The van der Waals surface area contributed by atoms with Crippen molar-refractivity contribution in [3.8, 4) is 0 Å². The third-order valence-corrected chi connectivity index (χ3v) is 6.32. The summed E-state index contributed by atoms with van der Waals surface area (Å²) in [5, 5.41) is 10.9. The SMILES string of the molecule is CN(C)c1ccccc1C(=O)N1CCC2(CC1)c1ccccc1[C@@H](N)[C@@H]2O. The Morgan fingerprint density at radius 2 is 1.74 bits per heavy atom. The average molecular weight is 365 g/mol. The van der Waals surface area contributed by atoms with Crippen LogP contribution in [0.1, 0.15) is 40.4 Å². The zero-order valence-electron chi connectivity index (χ0n) is 15.9. The second-order valence-electron chi connectivity index (χ2n) is 7.92. The largest absolute Gasteiger partial charge is 0.390 e. The van der Waals surface area contributed by atoms with E-state index in [0.717, 1.165) is 35.2 Å². The summed E-state index contributed by atoms with van der Waals surface area (Å²) in [6.45, 7) is 1.25. The van der Waals surface area contributed by atoms with Crippen molar-refractivity contribution in [2.24, 2.45) is 5.73 Å². The summed E-state index contributed by atoms with van der Waals surface area (Å²) in [5.74, 6) is 0.0548. The van der Waals surface area contributed by atoms with Crippen molar-refractivity contribution in [2.75, 3.05) is 32.1 Å². The zero-order chi connectivity index (χ0) is 19.2. The molecule has 3 N–H and O–H groups in total. The molecule has 0 unspecified atom stereocenters. The average Bonchev–Trinajstić information content (AvgIpc) is 2.91. The lowest BCUT2D eigenvalue weighted by molar-refractivity contribution is 0.0263. The summed E-state index contributed by atoms with van der Waals surface area (Å²) < 4.78 is 0. The standard InChI is InChI=1S/C22H27N3O2/c1-24(2)18-10-6-4-8-16(18)21(27)25-13-11-22(12-14-25)17-9-5-3-7-15(17)19(23)20(22)26/h3-10,19-20,26H,11-14,23H2,1-2H3/t19-,20+/m1/s1. The maximum Gasteiger partial charge on any atom is 0.255 e. The van der Waals surface area contributed by atoms with Gasteiger partial charge >= 0.3 is 0 Å². The normalized spacial score (nSPS) is 23.3. The molecule has 2 aliphatic rings. The molecular formula is C22H27N3O2. The van der Waals surface area contributed by atoms with Crippen LogP contribution in [0.5, 0.6) is 0 Å². The van der Waals surface area contributed by atoms with Crippen LogP contribution in [0.25, 0.3) is 0 Å². The number of nitrogens with zero attached hydrogens (tertiary/aromatic N) is 2. The molecule has 27 heavy (non-hydrogen) atoms. The minimum absolute atomic E-state index is 0.0548. The number of para-hydroxylation sites is 1. The number of anilines is 1. The van der Waals surface area contributed by atoms with E-state index in [1.807, 2.05) is 66.4 Å². The topological polar surface area (TPSA) is 69.8 Å². The van der Waals surface area contributed by atoms with Gasteiger partial charge in [-0.3, -0.25) is 4.79 Å². The summed E-state index contributed by atoms with van der Waals surface area (Å²) in [6, 6.07) is 15.4. The highest BCUT2D eigenvalue weighted by atomic mass is 16.3. The van der Waals surface area contributed by atoms with Gasteiger partial charge in [0.15, 0.2) is 0 Å². The van der Waals surface area contributed by atoms with E-state index in [9.17, 15) is 9.90 Å². The fourth-order valence-electron chi connectivity index (χ4n) is 4.80. The molecule has 1 saturated heterocycles. The summed E-state index contributed by atoms with van der Waals surface area (Å²) >= 11 is 0. The lowest BCUT2D eigenvalue weighted by Crippen LogP contribution is -2.50. The van der Waals surface area contributed by atoms with E-state index in [-0.39, 0.29) is 17.4 Å². The van der Waals surface area contributed by atoms with Crippen LogP contribution in [0.2, 0.25) is 0 Å². The number of fused-ring (bicyclic) bond motifs is 2. The zero-order valence-corrected chi connectivity index (χ0v) is 15.9. The third-order valence-electron chi connectivity index (χ3n) is 6.32. The van der Waals surface area contributed by atoms with Crippen LogP contribution in [0, 0.1) is 0 Å². The number of likely N-dealkylation sites (tertiary alicyclic amines) is 1. The number of hydrogen-bond donors (Lipinski definition) is 2. The molecule has 2 aromatic rings. The van der Waals surface area contributed by atoms with Crippen LogP contribution in [0.3, 0.4) is 0 Å². The molecule has 1 spiro atoms. The summed E-state index contributed by atoms with van der Waals surface area (Å²) in [5.41, 5.74) is 9.81. The van der Waals surface area contributed by atoms with Gasteiger partial charge in [0.05, 0.1) is 17.7 Å². The molecule has 1 amide bonds. The highest BCUT2D eigenvalue weighted by Gasteiger charge is 2.51. The van der Waals surface area contributed by atoms with Crippen molar-refractivity contribution in [3.05, 3.63) is 65.2 Å². The van der Waals surface area contributed by atoms with E-state index < -0.39 is 6.10 Å². The summed E-state index contributed by atoms with van der Waals surface area (Å²) in [4.78, 5) is 17.0. The van der Waals surface area contributed by atoms with Crippen LogP contribution in [-0.2, 0) is 5.41 Å². The quantitative estimate of drug-likeness (QED) is 0.857. The Kier molecular flexibility index (Phi) is 4.44. The van der Waals surface area contributed by atoms with Crippen LogP contribution in [0.4, 0.5) is 5.69 Å². The first-order chi connectivity index (χ1) is 13.0. The van der Waals surface area contributed by atoms with Crippen molar-refractivity contribution in [1.82, 2.24) is 4.90 Å². The van der Waals surface area contributed by atoms with E-state index >= 15 is 0 Å². The number of hydrogen-bond acceptors (Lipinski definition) is 4. The number of benzene rings is 2. The van der Waals surface area contributed by atoms with Gasteiger partial charge in [-0.15, -0.1) is 0 Å². The number of aliphatic hydroxyl groups excluding tert-OH is 1. The molecule has 142 valence electrons. The molecule has 2 atom stereocenters. The van der Waals surface area contributed by atoms with E-state index in [2.05, 4.69) is 6.07 Å². The number of carbonyl (C=O) groups is 1. The first-order valence-electron chi connectivity index (χ1n) is 9.54. The lowest BCUT2D eigenvalue weighted by atomic mass is 9.72. The Labute approximate surface area is 160 Å². The van der Waals surface area contributed by atoms with E-state index in [1.165, 1.54) is 0 Å². The first kappa shape index (κ1) is 18.0. The third kappa shape index (κ3) is 2.73. The Hall–Kier alpha value is -2.37. The fourth-order valence-corrected chi connectivity index (χ4v) is 4.80. The molecule has 5 heteroatoms. The molecule has 0 saturated carbocycles. The van der Waals surface area contributed by atoms with Crippen molar-refractivity contribution < 1.29 is 9.90 Å². The van der Waals surface area contributed by atoms with Crippen LogP contribution in [-0.4, -0.2) is 49.2 Å². The minimum Gasteiger partial charge on any atom is -0.390 e. The fraction of sp³-hybridized carbons (Fsp3) is 0.409. The summed E-state index contributed by atoms with van der Waals surface area (Å²) in [7, 11) is 3.90. The highest BCUT2D eigenvalue weighted by molar-refractivity contribution is 5.99. The van der Waals surface area contributed by atoms with Gasteiger partial charge in [0.1, 0.15) is 0 Å². The number of amides is 1. The van der Waals surface area contributed by atoms with Crippen molar-refractivity contribution in [2.45, 2.75) is 30.4 Å². The van der Waals surface area contributed by atoms with E-state index in [4.69, 9.17) is 5.73 Å². The predicted molar refractivity (Wildman–Crippen MR) is 107 cm³/mol. The maximum atomic E-state index is 13.1. The molecule has 1 fully saturated rings. The number of nitrogens with two attached hydrogens (primary N) is 1. The smallest absolute Gasteiger partial charge is 0.255 e. The highest BCUT2D eigenvalue weighted by Crippen LogP contribution is 2.50. The van der Waals surface area contributed by atoms with Gasteiger partial charge in [-0.2, -0.15) is 0 Å². The number of carbonyl (C=O) groups excluding carboxylic acids is 1. The van der Waals surface area contributed by atoms with Crippen molar-refractivity contribution in [3.63, 3.8) is 0 Å². The number of rotatable bonds is 2. The van der Waals surface area contributed by atoms with Gasteiger partial charge in [-0.1, -0.05) is 36.4 Å². The van der Waals surface area contributed by atoms with Crippen molar-refractivity contribution in [1.29, 1.82) is 0 Å². The second-order valence-corrected chi connectivity index (χ2v) is 7.92. The predicted octanol–water partition coefficient (Wildman–Crippen LogP) is 2.30. The Balaban J connectivity index is 1.58. The molecule has 0 radical (unpaired) electrons.